The van der Waals surface area contributed by atoms with Crippen LogP contribution in [0.15, 0.2) is 30.5 Å². The first kappa shape index (κ1) is 13.0. The SMILES string of the molecule is Clc1ccc2c(NC[C@@H]3CCC[C@@H]3Cl)ccnc2c1. The van der Waals surface area contributed by atoms with Gasteiger partial charge in [-0.15, -0.1) is 11.6 Å². The fourth-order valence-electron chi connectivity index (χ4n) is 2.74. The summed E-state index contributed by atoms with van der Waals surface area (Å²) in [6.07, 6.45) is 5.41. The van der Waals surface area contributed by atoms with E-state index in [2.05, 4.69) is 10.3 Å². The van der Waals surface area contributed by atoms with Gasteiger partial charge in [-0.1, -0.05) is 18.0 Å². The van der Waals surface area contributed by atoms with Gasteiger partial charge in [0.2, 0.25) is 0 Å². The molecule has 4 heteroatoms. The normalized spacial score (nSPS) is 22.8. The molecule has 2 atom stereocenters. The average Bonchev–Trinajstić information content (AvgIpc) is 2.81. The Morgan fingerprint density at radius 3 is 2.95 bits per heavy atom. The highest BCUT2D eigenvalue weighted by Gasteiger charge is 2.24. The van der Waals surface area contributed by atoms with Gasteiger partial charge in [0.1, 0.15) is 0 Å². The van der Waals surface area contributed by atoms with Crippen molar-refractivity contribution in [2.75, 3.05) is 11.9 Å². The molecule has 19 heavy (non-hydrogen) atoms. The monoisotopic (exact) mass is 294 g/mol. The summed E-state index contributed by atoms with van der Waals surface area (Å²) in [5.41, 5.74) is 2.03. The summed E-state index contributed by atoms with van der Waals surface area (Å²) < 4.78 is 0. The van der Waals surface area contributed by atoms with Gasteiger partial charge in [0.05, 0.1) is 5.52 Å². The van der Waals surface area contributed by atoms with Crippen LogP contribution in [0.2, 0.25) is 5.02 Å². The van der Waals surface area contributed by atoms with E-state index in [-0.39, 0.29) is 0 Å². The molecule has 0 saturated heterocycles. The van der Waals surface area contributed by atoms with Gasteiger partial charge in [0.15, 0.2) is 0 Å². The van der Waals surface area contributed by atoms with Gasteiger partial charge < -0.3 is 5.32 Å². The number of hydrogen-bond acceptors (Lipinski definition) is 2. The highest BCUT2D eigenvalue weighted by atomic mass is 35.5. The number of hydrogen-bond donors (Lipinski definition) is 1. The van der Waals surface area contributed by atoms with Crippen molar-refractivity contribution in [3.8, 4) is 0 Å². The second-order valence-corrected chi connectivity index (χ2v) is 6.10. The smallest absolute Gasteiger partial charge is 0.0737 e. The van der Waals surface area contributed by atoms with Crippen LogP contribution in [0.1, 0.15) is 19.3 Å². The molecular formula is C15H16Cl2N2. The Hall–Kier alpha value is -0.990. The Morgan fingerprint density at radius 2 is 2.16 bits per heavy atom. The lowest BCUT2D eigenvalue weighted by Gasteiger charge is -2.16. The zero-order valence-electron chi connectivity index (χ0n) is 10.6. The third kappa shape index (κ3) is 2.80. The molecule has 0 bridgehead atoms. The number of nitrogens with one attached hydrogen (secondary N) is 1. The molecular weight excluding hydrogens is 279 g/mol. The number of halogens is 2. The van der Waals surface area contributed by atoms with Crippen LogP contribution in [0, 0.1) is 5.92 Å². The first-order valence-electron chi connectivity index (χ1n) is 6.66. The third-order valence-electron chi connectivity index (χ3n) is 3.83. The number of fused-ring (bicyclic) bond motifs is 1. The lowest BCUT2D eigenvalue weighted by Crippen LogP contribution is -2.18. The minimum atomic E-state index is 0.315. The second-order valence-electron chi connectivity index (χ2n) is 5.11. The molecule has 0 spiro atoms. The van der Waals surface area contributed by atoms with E-state index in [1.807, 2.05) is 30.5 Å². The molecule has 100 valence electrons. The van der Waals surface area contributed by atoms with Gasteiger partial charge in [-0.05, 0) is 43.0 Å². The summed E-state index contributed by atoms with van der Waals surface area (Å²) in [4.78, 5) is 4.35. The number of alkyl halides is 1. The maximum absolute atomic E-state index is 6.31. The molecule has 0 aliphatic heterocycles. The van der Waals surface area contributed by atoms with E-state index in [0.29, 0.717) is 16.3 Å². The predicted octanol–water partition coefficient (Wildman–Crippen LogP) is 4.71. The molecule has 0 amide bonds. The average molecular weight is 295 g/mol. The molecule has 1 heterocycles. The molecule has 1 saturated carbocycles. The zero-order chi connectivity index (χ0) is 13.2. The summed E-state index contributed by atoms with van der Waals surface area (Å²) in [5.74, 6) is 0.567. The predicted molar refractivity (Wildman–Crippen MR) is 82.2 cm³/mol. The van der Waals surface area contributed by atoms with E-state index in [0.717, 1.165) is 29.6 Å². The summed E-state index contributed by atoms with van der Waals surface area (Å²) >= 11 is 12.3. The number of aromatic nitrogens is 1. The fraction of sp³-hybridized carbons (Fsp3) is 0.400. The lowest BCUT2D eigenvalue weighted by atomic mass is 10.1. The van der Waals surface area contributed by atoms with Crippen LogP contribution < -0.4 is 5.32 Å². The Balaban J connectivity index is 1.81. The number of rotatable bonds is 3. The van der Waals surface area contributed by atoms with Crippen molar-refractivity contribution in [2.45, 2.75) is 24.6 Å². The van der Waals surface area contributed by atoms with E-state index in [4.69, 9.17) is 23.2 Å². The van der Waals surface area contributed by atoms with Crippen LogP contribution in [-0.2, 0) is 0 Å². The largest absolute Gasteiger partial charge is 0.384 e. The third-order valence-corrected chi connectivity index (χ3v) is 4.64. The molecule has 1 aliphatic carbocycles. The maximum atomic E-state index is 6.31. The summed E-state index contributed by atoms with van der Waals surface area (Å²) in [6, 6.07) is 7.81. The molecule has 1 aromatic carbocycles. The van der Waals surface area contributed by atoms with Crippen molar-refractivity contribution < 1.29 is 0 Å². The molecule has 1 aliphatic rings. The van der Waals surface area contributed by atoms with Gasteiger partial charge in [-0.2, -0.15) is 0 Å². The Kier molecular flexibility index (Phi) is 3.81. The van der Waals surface area contributed by atoms with E-state index in [1.165, 1.54) is 12.8 Å². The number of anilines is 1. The van der Waals surface area contributed by atoms with Crippen LogP contribution in [0.5, 0.6) is 0 Å². The first-order valence-corrected chi connectivity index (χ1v) is 7.48. The topological polar surface area (TPSA) is 24.9 Å². The van der Waals surface area contributed by atoms with Gasteiger partial charge in [0.25, 0.3) is 0 Å². The molecule has 2 aromatic rings. The lowest BCUT2D eigenvalue weighted by molar-refractivity contribution is 0.586. The summed E-state index contributed by atoms with van der Waals surface area (Å²) in [6.45, 7) is 0.926. The van der Waals surface area contributed by atoms with Gasteiger partial charge in [-0.3, -0.25) is 4.98 Å². The van der Waals surface area contributed by atoms with Gasteiger partial charge >= 0.3 is 0 Å². The Labute approximate surface area is 123 Å². The van der Waals surface area contributed by atoms with Crippen molar-refractivity contribution in [1.29, 1.82) is 0 Å². The number of pyridine rings is 1. The molecule has 1 N–H and O–H groups in total. The molecule has 1 aromatic heterocycles. The molecule has 2 nitrogen and oxygen atoms in total. The highest BCUT2D eigenvalue weighted by Crippen LogP contribution is 2.31. The molecule has 3 rings (SSSR count). The minimum absolute atomic E-state index is 0.315. The van der Waals surface area contributed by atoms with Gasteiger partial charge in [0, 0.05) is 34.2 Å². The molecule has 0 unspecified atom stereocenters. The fourth-order valence-corrected chi connectivity index (χ4v) is 3.27. The van der Waals surface area contributed by atoms with E-state index < -0.39 is 0 Å². The van der Waals surface area contributed by atoms with Crippen molar-refractivity contribution in [3.63, 3.8) is 0 Å². The van der Waals surface area contributed by atoms with E-state index in [1.54, 1.807) is 0 Å². The first-order chi connectivity index (χ1) is 9.24. The van der Waals surface area contributed by atoms with Crippen molar-refractivity contribution in [3.05, 3.63) is 35.5 Å². The maximum Gasteiger partial charge on any atom is 0.0737 e. The van der Waals surface area contributed by atoms with Crippen LogP contribution in [-0.4, -0.2) is 16.9 Å². The second kappa shape index (κ2) is 5.56. The quantitative estimate of drug-likeness (QED) is 0.830. The van der Waals surface area contributed by atoms with Crippen LogP contribution >= 0.6 is 23.2 Å². The van der Waals surface area contributed by atoms with Crippen LogP contribution in [0.4, 0.5) is 5.69 Å². The molecule has 1 fully saturated rings. The number of benzene rings is 1. The standard InChI is InChI=1S/C15H16Cl2N2/c16-11-4-5-12-14(6-7-18-15(12)8-11)19-9-10-2-1-3-13(10)17/h4-8,10,13H,1-3,9H2,(H,18,19)/t10-,13-/m0/s1. The summed E-state index contributed by atoms with van der Waals surface area (Å²) in [7, 11) is 0. The van der Waals surface area contributed by atoms with Crippen molar-refractivity contribution in [1.82, 2.24) is 4.98 Å². The summed E-state index contributed by atoms with van der Waals surface area (Å²) in [5, 5.41) is 5.65. The molecule has 0 radical (unpaired) electrons. The minimum Gasteiger partial charge on any atom is -0.384 e. The van der Waals surface area contributed by atoms with Crippen LogP contribution in [0.25, 0.3) is 10.9 Å². The van der Waals surface area contributed by atoms with E-state index >= 15 is 0 Å². The Bertz CT molecular complexity index is 585. The zero-order valence-corrected chi connectivity index (χ0v) is 12.1. The van der Waals surface area contributed by atoms with Crippen molar-refractivity contribution in [2.24, 2.45) is 5.92 Å². The Morgan fingerprint density at radius 1 is 1.26 bits per heavy atom. The van der Waals surface area contributed by atoms with Crippen LogP contribution in [0.3, 0.4) is 0 Å². The van der Waals surface area contributed by atoms with E-state index in [9.17, 15) is 0 Å². The van der Waals surface area contributed by atoms with Gasteiger partial charge in [-0.25, -0.2) is 0 Å². The number of nitrogens with zero attached hydrogens (tertiary/aromatic N) is 1. The highest BCUT2D eigenvalue weighted by molar-refractivity contribution is 6.31. The van der Waals surface area contributed by atoms with Crippen molar-refractivity contribution >= 4 is 39.8 Å².